The maximum absolute atomic E-state index is 13.2. The van der Waals surface area contributed by atoms with Crippen molar-refractivity contribution in [2.45, 2.75) is 19.0 Å². The van der Waals surface area contributed by atoms with E-state index in [1.165, 1.54) is 17.7 Å². The molecule has 21 heavy (non-hydrogen) atoms. The van der Waals surface area contributed by atoms with Crippen LogP contribution in [0.5, 0.6) is 0 Å². The van der Waals surface area contributed by atoms with Gasteiger partial charge in [-0.2, -0.15) is 0 Å². The Kier molecular flexibility index (Phi) is 5.91. The van der Waals surface area contributed by atoms with Gasteiger partial charge in [0.2, 0.25) is 0 Å². The first kappa shape index (κ1) is 16.1. The molecule has 2 rings (SSSR count). The van der Waals surface area contributed by atoms with Gasteiger partial charge < -0.3 is 10.6 Å². The van der Waals surface area contributed by atoms with Crippen molar-refractivity contribution in [1.82, 2.24) is 4.90 Å². The Labute approximate surface area is 133 Å². The molecule has 112 valence electrons. The second kappa shape index (κ2) is 7.69. The molecule has 2 N–H and O–H groups in total. The predicted octanol–water partition coefficient (Wildman–Crippen LogP) is 4.11. The van der Waals surface area contributed by atoms with Gasteiger partial charge >= 0.3 is 0 Å². The SMILES string of the molecule is CN(CCC(N)c1cccc(F)c1)Cc1ccccc1Br. The average Bonchev–Trinajstić information content (AvgIpc) is 2.47. The fraction of sp³-hybridized carbons (Fsp3) is 0.294. The highest BCUT2D eigenvalue weighted by atomic mass is 79.9. The molecule has 1 atom stereocenters. The van der Waals surface area contributed by atoms with Gasteiger partial charge in [0.25, 0.3) is 0 Å². The maximum atomic E-state index is 13.2. The van der Waals surface area contributed by atoms with Crippen LogP contribution >= 0.6 is 15.9 Å². The van der Waals surface area contributed by atoms with E-state index in [1.807, 2.05) is 24.3 Å². The molecule has 2 nitrogen and oxygen atoms in total. The summed E-state index contributed by atoms with van der Waals surface area (Å²) in [5.74, 6) is -0.232. The minimum Gasteiger partial charge on any atom is -0.324 e. The van der Waals surface area contributed by atoms with E-state index in [9.17, 15) is 4.39 Å². The first-order chi connectivity index (χ1) is 10.1. The third-order valence-electron chi connectivity index (χ3n) is 3.50. The van der Waals surface area contributed by atoms with Crippen LogP contribution in [0.15, 0.2) is 53.0 Å². The van der Waals surface area contributed by atoms with Gasteiger partial charge in [0.1, 0.15) is 5.82 Å². The fourth-order valence-electron chi connectivity index (χ4n) is 2.26. The van der Waals surface area contributed by atoms with Crippen LogP contribution in [0.1, 0.15) is 23.6 Å². The van der Waals surface area contributed by atoms with E-state index in [0.29, 0.717) is 0 Å². The Balaban J connectivity index is 1.86. The molecule has 0 heterocycles. The average molecular weight is 351 g/mol. The number of halogens is 2. The van der Waals surface area contributed by atoms with E-state index in [-0.39, 0.29) is 11.9 Å². The van der Waals surface area contributed by atoms with Gasteiger partial charge in [-0.3, -0.25) is 0 Å². The van der Waals surface area contributed by atoms with Crippen molar-refractivity contribution in [3.05, 3.63) is 69.9 Å². The predicted molar refractivity (Wildman–Crippen MR) is 88.4 cm³/mol. The lowest BCUT2D eigenvalue weighted by molar-refractivity contribution is 0.311. The monoisotopic (exact) mass is 350 g/mol. The van der Waals surface area contributed by atoms with Crippen LogP contribution in [0, 0.1) is 5.82 Å². The van der Waals surface area contributed by atoms with Crippen LogP contribution in [-0.4, -0.2) is 18.5 Å². The van der Waals surface area contributed by atoms with Gasteiger partial charge in [-0.25, -0.2) is 4.39 Å². The Morgan fingerprint density at radius 2 is 1.95 bits per heavy atom. The van der Waals surface area contributed by atoms with Crippen molar-refractivity contribution in [3.8, 4) is 0 Å². The van der Waals surface area contributed by atoms with Crippen molar-refractivity contribution < 1.29 is 4.39 Å². The number of hydrogen-bond donors (Lipinski definition) is 1. The normalized spacial score (nSPS) is 12.6. The number of hydrogen-bond acceptors (Lipinski definition) is 2. The van der Waals surface area contributed by atoms with Gasteiger partial charge in [0, 0.05) is 17.1 Å². The van der Waals surface area contributed by atoms with Crippen LogP contribution in [0.3, 0.4) is 0 Å². The third-order valence-corrected chi connectivity index (χ3v) is 4.27. The molecule has 0 amide bonds. The number of nitrogens with two attached hydrogens (primary N) is 1. The van der Waals surface area contributed by atoms with Crippen LogP contribution in [0.25, 0.3) is 0 Å². The minimum atomic E-state index is -0.232. The quantitative estimate of drug-likeness (QED) is 0.849. The molecule has 0 fully saturated rings. The second-order valence-corrected chi connectivity index (χ2v) is 6.13. The summed E-state index contributed by atoms with van der Waals surface area (Å²) in [6.45, 7) is 1.72. The van der Waals surface area contributed by atoms with Gasteiger partial charge in [0.15, 0.2) is 0 Å². The van der Waals surface area contributed by atoms with Crippen molar-refractivity contribution in [3.63, 3.8) is 0 Å². The summed E-state index contributed by atoms with van der Waals surface area (Å²) in [7, 11) is 2.07. The summed E-state index contributed by atoms with van der Waals surface area (Å²) in [6, 6.07) is 14.6. The molecule has 0 radical (unpaired) electrons. The lowest BCUT2D eigenvalue weighted by Crippen LogP contribution is -2.23. The van der Waals surface area contributed by atoms with Crippen LogP contribution in [0.2, 0.25) is 0 Å². The third kappa shape index (κ3) is 4.92. The minimum absolute atomic E-state index is 0.137. The second-order valence-electron chi connectivity index (χ2n) is 5.28. The largest absolute Gasteiger partial charge is 0.324 e. The molecule has 0 aliphatic heterocycles. The Morgan fingerprint density at radius 3 is 2.67 bits per heavy atom. The first-order valence-corrected chi connectivity index (χ1v) is 7.78. The highest BCUT2D eigenvalue weighted by Gasteiger charge is 2.09. The molecular weight excluding hydrogens is 331 g/mol. The van der Waals surface area contributed by atoms with Crippen molar-refractivity contribution in [2.24, 2.45) is 5.73 Å². The fourth-order valence-corrected chi connectivity index (χ4v) is 2.67. The van der Waals surface area contributed by atoms with Gasteiger partial charge in [-0.15, -0.1) is 0 Å². The molecule has 0 aliphatic carbocycles. The van der Waals surface area contributed by atoms with E-state index < -0.39 is 0 Å². The molecule has 0 saturated heterocycles. The summed E-state index contributed by atoms with van der Waals surface area (Å²) in [5.41, 5.74) is 8.23. The molecule has 0 saturated carbocycles. The Hall–Kier alpha value is -1.23. The van der Waals surface area contributed by atoms with Gasteiger partial charge in [-0.1, -0.05) is 46.3 Å². The first-order valence-electron chi connectivity index (χ1n) is 6.99. The molecule has 2 aromatic carbocycles. The highest BCUT2D eigenvalue weighted by molar-refractivity contribution is 9.10. The Morgan fingerprint density at radius 1 is 1.19 bits per heavy atom. The van der Waals surface area contributed by atoms with E-state index >= 15 is 0 Å². The topological polar surface area (TPSA) is 29.3 Å². The molecule has 0 bridgehead atoms. The molecule has 0 aliphatic rings. The Bertz CT molecular complexity index is 589. The molecular formula is C17H20BrFN2. The smallest absolute Gasteiger partial charge is 0.123 e. The maximum Gasteiger partial charge on any atom is 0.123 e. The summed E-state index contributed by atoms with van der Waals surface area (Å²) in [4.78, 5) is 2.22. The zero-order chi connectivity index (χ0) is 15.2. The summed E-state index contributed by atoms with van der Waals surface area (Å²) in [6.07, 6.45) is 0.796. The van der Waals surface area contributed by atoms with E-state index in [1.54, 1.807) is 6.07 Å². The van der Waals surface area contributed by atoms with Crippen LogP contribution in [0.4, 0.5) is 4.39 Å². The van der Waals surface area contributed by atoms with E-state index in [2.05, 4.69) is 33.9 Å². The van der Waals surface area contributed by atoms with Crippen molar-refractivity contribution in [2.75, 3.05) is 13.6 Å². The van der Waals surface area contributed by atoms with E-state index in [4.69, 9.17) is 5.73 Å². The van der Waals surface area contributed by atoms with Gasteiger partial charge in [-0.05, 0) is 49.3 Å². The number of rotatable bonds is 6. The van der Waals surface area contributed by atoms with Crippen LogP contribution < -0.4 is 5.73 Å². The van der Waals surface area contributed by atoms with Crippen LogP contribution in [-0.2, 0) is 6.54 Å². The van der Waals surface area contributed by atoms with Gasteiger partial charge in [0.05, 0.1) is 0 Å². The molecule has 4 heteroatoms. The summed E-state index contributed by atoms with van der Waals surface area (Å²) < 4.78 is 14.3. The summed E-state index contributed by atoms with van der Waals surface area (Å²) in [5, 5.41) is 0. The molecule has 2 aromatic rings. The molecule has 0 spiro atoms. The lowest BCUT2D eigenvalue weighted by Gasteiger charge is -2.20. The van der Waals surface area contributed by atoms with Crippen molar-refractivity contribution in [1.29, 1.82) is 0 Å². The standard InChI is InChI=1S/C17H20BrFN2/c1-21(12-14-5-2-3-8-16(14)18)10-9-17(20)13-6-4-7-15(19)11-13/h2-8,11,17H,9-10,12,20H2,1H3. The summed E-state index contributed by atoms with van der Waals surface area (Å²) >= 11 is 3.56. The zero-order valence-electron chi connectivity index (χ0n) is 12.1. The molecule has 1 unspecified atom stereocenters. The molecule has 0 aromatic heterocycles. The van der Waals surface area contributed by atoms with E-state index in [0.717, 1.165) is 29.5 Å². The number of benzene rings is 2. The van der Waals surface area contributed by atoms with Crippen molar-refractivity contribution >= 4 is 15.9 Å². The highest BCUT2D eigenvalue weighted by Crippen LogP contribution is 2.19. The number of nitrogens with zero attached hydrogens (tertiary/aromatic N) is 1. The lowest BCUT2D eigenvalue weighted by atomic mass is 10.0. The zero-order valence-corrected chi connectivity index (χ0v) is 13.7.